The molecule has 0 radical (unpaired) electrons. The van der Waals surface area contributed by atoms with Gasteiger partial charge in [-0.2, -0.15) is 0 Å². The summed E-state index contributed by atoms with van der Waals surface area (Å²) < 4.78 is 0. The Bertz CT molecular complexity index is 633. The van der Waals surface area contributed by atoms with Crippen molar-refractivity contribution in [3.05, 3.63) is 35.4 Å². The molecule has 1 unspecified atom stereocenters. The van der Waals surface area contributed by atoms with Crippen LogP contribution in [0, 0.1) is 5.92 Å². The first kappa shape index (κ1) is 18.9. The Hall–Kier alpha value is -1.84. The molecule has 1 aliphatic heterocycles. The first-order valence-electron chi connectivity index (χ1n) is 10.2. The average Bonchev–Trinajstić information content (AvgIpc) is 2.88. The molecular weight excluding hydrogens is 324 g/mol. The fraction of sp³-hybridized carbons (Fsp3) is 0.636. The summed E-state index contributed by atoms with van der Waals surface area (Å²) in [5.41, 5.74) is 2.37. The molecule has 1 aromatic carbocycles. The van der Waals surface area contributed by atoms with E-state index >= 15 is 0 Å². The molecule has 4 heteroatoms. The van der Waals surface area contributed by atoms with Crippen molar-refractivity contribution >= 4 is 11.8 Å². The van der Waals surface area contributed by atoms with Crippen LogP contribution >= 0.6 is 0 Å². The van der Waals surface area contributed by atoms with E-state index in [1.54, 1.807) is 0 Å². The fourth-order valence-electron chi connectivity index (χ4n) is 4.21. The van der Waals surface area contributed by atoms with E-state index in [0.717, 1.165) is 12.8 Å². The molecule has 0 saturated heterocycles. The van der Waals surface area contributed by atoms with E-state index in [1.165, 1.54) is 36.8 Å². The first-order valence-corrected chi connectivity index (χ1v) is 10.2. The fourth-order valence-corrected chi connectivity index (χ4v) is 4.21. The maximum absolute atomic E-state index is 13.1. The number of hydrogen-bond donors (Lipinski definition) is 1. The third-order valence-electron chi connectivity index (χ3n) is 5.66. The summed E-state index contributed by atoms with van der Waals surface area (Å²) in [6.07, 6.45) is 8.16. The monoisotopic (exact) mass is 356 g/mol. The second kappa shape index (κ2) is 8.70. The minimum atomic E-state index is -0.376. The molecule has 0 spiro atoms. The zero-order valence-corrected chi connectivity index (χ0v) is 16.2. The summed E-state index contributed by atoms with van der Waals surface area (Å²) >= 11 is 0. The molecule has 1 fully saturated rings. The summed E-state index contributed by atoms with van der Waals surface area (Å²) in [6, 6.07) is 8.08. The van der Waals surface area contributed by atoms with Crippen LogP contribution in [0.1, 0.15) is 69.9 Å². The Kier molecular flexibility index (Phi) is 6.33. The number of carbonyl (C=O) groups is 2. The first-order chi connectivity index (χ1) is 12.5. The van der Waals surface area contributed by atoms with Crippen molar-refractivity contribution in [2.45, 2.75) is 83.8 Å². The van der Waals surface area contributed by atoms with Gasteiger partial charge in [-0.1, -0.05) is 63.8 Å². The molecule has 4 nitrogen and oxygen atoms in total. The third-order valence-corrected chi connectivity index (χ3v) is 5.66. The number of rotatable bonds is 4. The molecule has 1 heterocycles. The molecule has 26 heavy (non-hydrogen) atoms. The molecular formula is C22H32N2O2. The summed E-state index contributed by atoms with van der Waals surface area (Å²) in [5.74, 6) is 0.421. The summed E-state index contributed by atoms with van der Waals surface area (Å²) in [4.78, 5) is 27.7. The van der Waals surface area contributed by atoms with Crippen LogP contribution in [0.25, 0.3) is 0 Å². The van der Waals surface area contributed by atoms with Gasteiger partial charge in [0, 0.05) is 25.4 Å². The van der Waals surface area contributed by atoms with E-state index in [4.69, 9.17) is 0 Å². The summed E-state index contributed by atoms with van der Waals surface area (Å²) in [6.45, 7) is 4.65. The maximum Gasteiger partial charge on any atom is 0.243 e. The lowest BCUT2D eigenvalue weighted by Crippen LogP contribution is -2.54. The zero-order valence-electron chi connectivity index (χ0n) is 16.2. The number of carbonyl (C=O) groups excluding carboxylic acids is 2. The molecule has 0 bridgehead atoms. The van der Waals surface area contributed by atoms with E-state index in [0.29, 0.717) is 25.3 Å². The predicted octanol–water partition coefficient (Wildman–Crippen LogP) is 3.83. The largest absolute Gasteiger partial charge is 0.352 e. The Morgan fingerprint density at radius 2 is 1.73 bits per heavy atom. The highest BCUT2D eigenvalue weighted by Crippen LogP contribution is 2.26. The van der Waals surface area contributed by atoms with Crippen LogP contribution in [0.2, 0.25) is 0 Å². The van der Waals surface area contributed by atoms with E-state index in [-0.39, 0.29) is 23.9 Å². The van der Waals surface area contributed by atoms with E-state index in [9.17, 15) is 9.59 Å². The third kappa shape index (κ3) is 4.66. The summed E-state index contributed by atoms with van der Waals surface area (Å²) in [7, 11) is 0. The van der Waals surface area contributed by atoms with Gasteiger partial charge in [0.15, 0.2) is 0 Å². The van der Waals surface area contributed by atoms with Gasteiger partial charge >= 0.3 is 0 Å². The van der Waals surface area contributed by atoms with Gasteiger partial charge in [-0.05, 0) is 29.9 Å². The minimum absolute atomic E-state index is 0.0310. The van der Waals surface area contributed by atoms with Crippen LogP contribution in [0.3, 0.4) is 0 Å². The standard InChI is InChI=1S/C22H32N2O2/c1-16(2)13-21(25)24-15-18-10-8-7-9-17(18)14-20(24)22(26)23-19-11-5-3-4-6-12-19/h7-10,16,19-20H,3-6,11-15H2,1-2H3,(H,23,26). The van der Waals surface area contributed by atoms with Gasteiger partial charge in [0.25, 0.3) is 0 Å². The zero-order chi connectivity index (χ0) is 18.5. The molecule has 2 amide bonds. The van der Waals surface area contributed by atoms with Crippen molar-refractivity contribution in [1.29, 1.82) is 0 Å². The van der Waals surface area contributed by atoms with Crippen LogP contribution in [-0.4, -0.2) is 28.8 Å². The number of nitrogens with zero attached hydrogens (tertiary/aromatic N) is 1. The summed E-state index contributed by atoms with van der Waals surface area (Å²) in [5, 5.41) is 3.26. The minimum Gasteiger partial charge on any atom is -0.352 e. The van der Waals surface area contributed by atoms with Crippen molar-refractivity contribution < 1.29 is 9.59 Å². The second-order valence-corrected chi connectivity index (χ2v) is 8.31. The Labute approximate surface area is 157 Å². The van der Waals surface area contributed by atoms with Crippen molar-refractivity contribution in [3.63, 3.8) is 0 Å². The Balaban J connectivity index is 1.76. The van der Waals surface area contributed by atoms with Crippen molar-refractivity contribution in [3.8, 4) is 0 Å². The smallest absolute Gasteiger partial charge is 0.243 e. The van der Waals surface area contributed by atoms with Gasteiger partial charge in [0.05, 0.1) is 0 Å². The van der Waals surface area contributed by atoms with Gasteiger partial charge in [-0.3, -0.25) is 9.59 Å². The van der Waals surface area contributed by atoms with Crippen molar-refractivity contribution in [2.24, 2.45) is 5.92 Å². The topological polar surface area (TPSA) is 49.4 Å². The molecule has 1 saturated carbocycles. The number of benzene rings is 1. The SMILES string of the molecule is CC(C)CC(=O)N1Cc2ccccc2CC1C(=O)NC1CCCCCC1. The van der Waals surface area contributed by atoms with E-state index in [2.05, 4.69) is 31.3 Å². The lowest BCUT2D eigenvalue weighted by molar-refractivity contribution is -0.142. The predicted molar refractivity (Wildman–Crippen MR) is 104 cm³/mol. The van der Waals surface area contributed by atoms with Crippen LogP contribution < -0.4 is 5.32 Å². The molecule has 2 aliphatic rings. The number of fused-ring (bicyclic) bond motifs is 1. The quantitative estimate of drug-likeness (QED) is 0.834. The van der Waals surface area contributed by atoms with E-state index < -0.39 is 0 Å². The second-order valence-electron chi connectivity index (χ2n) is 8.31. The van der Waals surface area contributed by atoms with Crippen LogP contribution in [0.5, 0.6) is 0 Å². The number of amides is 2. The number of nitrogens with one attached hydrogen (secondary N) is 1. The van der Waals surface area contributed by atoms with E-state index in [1.807, 2.05) is 17.0 Å². The highest BCUT2D eigenvalue weighted by atomic mass is 16.2. The lowest BCUT2D eigenvalue weighted by Gasteiger charge is -2.37. The van der Waals surface area contributed by atoms with Gasteiger partial charge in [-0.15, -0.1) is 0 Å². The molecule has 0 aromatic heterocycles. The maximum atomic E-state index is 13.1. The van der Waals surface area contributed by atoms with Gasteiger partial charge in [0.1, 0.15) is 6.04 Å². The highest BCUT2D eigenvalue weighted by Gasteiger charge is 2.35. The average molecular weight is 357 g/mol. The molecule has 1 aliphatic carbocycles. The lowest BCUT2D eigenvalue weighted by atomic mass is 9.92. The van der Waals surface area contributed by atoms with Crippen LogP contribution in [-0.2, 0) is 22.6 Å². The Morgan fingerprint density at radius 1 is 1.08 bits per heavy atom. The molecule has 3 rings (SSSR count). The molecule has 1 aromatic rings. The number of hydrogen-bond acceptors (Lipinski definition) is 2. The van der Waals surface area contributed by atoms with Gasteiger partial charge in [0.2, 0.25) is 11.8 Å². The molecule has 1 N–H and O–H groups in total. The molecule has 1 atom stereocenters. The van der Waals surface area contributed by atoms with Gasteiger partial charge < -0.3 is 10.2 Å². The van der Waals surface area contributed by atoms with Crippen LogP contribution in [0.4, 0.5) is 0 Å². The Morgan fingerprint density at radius 3 is 2.38 bits per heavy atom. The highest BCUT2D eigenvalue weighted by molar-refractivity contribution is 5.88. The normalized spacial score (nSPS) is 21.2. The van der Waals surface area contributed by atoms with Gasteiger partial charge in [-0.25, -0.2) is 0 Å². The van der Waals surface area contributed by atoms with Crippen LogP contribution in [0.15, 0.2) is 24.3 Å². The van der Waals surface area contributed by atoms with Crippen molar-refractivity contribution in [2.75, 3.05) is 0 Å². The molecule has 142 valence electrons. The van der Waals surface area contributed by atoms with Crippen molar-refractivity contribution in [1.82, 2.24) is 10.2 Å².